The summed E-state index contributed by atoms with van der Waals surface area (Å²) in [6.45, 7) is 20.0. The zero-order chi connectivity index (χ0) is 41.8. The van der Waals surface area contributed by atoms with Gasteiger partial charge in [0.2, 0.25) is 0 Å². The maximum Gasteiger partial charge on any atom is 0.185 e. The van der Waals surface area contributed by atoms with Gasteiger partial charge in [-0.25, -0.2) is 0 Å². The van der Waals surface area contributed by atoms with Gasteiger partial charge in [-0.15, -0.1) is 13.2 Å². The van der Waals surface area contributed by atoms with Gasteiger partial charge >= 0.3 is 0 Å². The normalized spacial score (nSPS) is 11.6. The highest BCUT2D eigenvalue weighted by Crippen LogP contribution is 2.48. The molecule has 0 heterocycles. The molecule has 4 N–H and O–H groups in total. The Bertz CT molecular complexity index is 2080. The Morgan fingerprint density at radius 2 is 1.09 bits per heavy atom. The predicted octanol–water partition coefficient (Wildman–Crippen LogP) is 10.8. The van der Waals surface area contributed by atoms with Crippen molar-refractivity contribution in [2.45, 2.75) is 78.1 Å². The third-order valence-corrected chi connectivity index (χ3v) is 10.2. The summed E-state index contributed by atoms with van der Waals surface area (Å²) in [5.41, 5.74) is 4.80. The van der Waals surface area contributed by atoms with Crippen LogP contribution in [0.25, 0.3) is 12.2 Å². The SMILES string of the molecule is C=CCc1cc(C=CC(=O)c2ccc(O)cc2)c(OC)c(CC=C)c1O.CCC(C)(C)c1cc(C=CC(=O)c2ccc(O)cc2)c(OC)c(C(C)(C)CC)c1O. The Morgan fingerprint density at radius 3 is 1.50 bits per heavy atom. The Kier molecular flexibility index (Phi) is 15.5. The van der Waals surface area contributed by atoms with E-state index in [9.17, 15) is 30.0 Å². The van der Waals surface area contributed by atoms with Gasteiger partial charge in [-0.1, -0.05) is 53.7 Å². The maximum atomic E-state index is 12.6. The highest BCUT2D eigenvalue weighted by Gasteiger charge is 2.33. The van der Waals surface area contributed by atoms with Gasteiger partial charge in [0.25, 0.3) is 0 Å². The second-order valence-electron chi connectivity index (χ2n) is 14.7. The molecule has 0 saturated heterocycles. The van der Waals surface area contributed by atoms with Crippen LogP contribution in [0.5, 0.6) is 34.5 Å². The maximum absolute atomic E-state index is 12.6. The lowest BCUT2D eigenvalue weighted by Gasteiger charge is -2.32. The van der Waals surface area contributed by atoms with Crippen molar-refractivity contribution < 1.29 is 39.5 Å². The van der Waals surface area contributed by atoms with E-state index in [4.69, 9.17) is 9.47 Å². The van der Waals surface area contributed by atoms with Crippen LogP contribution in [0.15, 0.2) is 98.1 Å². The number of hydrogen-bond acceptors (Lipinski definition) is 8. The zero-order valence-electron chi connectivity index (χ0n) is 33.9. The molecule has 8 heteroatoms. The van der Waals surface area contributed by atoms with Crippen LogP contribution in [-0.4, -0.2) is 46.2 Å². The van der Waals surface area contributed by atoms with Crippen LogP contribution in [0.3, 0.4) is 0 Å². The number of ether oxygens (including phenoxy) is 2. The molecule has 0 saturated carbocycles. The van der Waals surface area contributed by atoms with Crippen molar-refractivity contribution >= 4 is 23.7 Å². The first-order chi connectivity index (χ1) is 26.5. The van der Waals surface area contributed by atoms with Crippen LogP contribution < -0.4 is 9.47 Å². The topological polar surface area (TPSA) is 134 Å². The van der Waals surface area contributed by atoms with Gasteiger partial charge in [0.05, 0.1) is 14.2 Å². The lowest BCUT2D eigenvalue weighted by molar-refractivity contribution is 0.103. The molecular weight excluding hydrogens is 705 g/mol. The third-order valence-electron chi connectivity index (χ3n) is 10.2. The van der Waals surface area contributed by atoms with Crippen molar-refractivity contribution in [2.75, 3.05) is 14.2 Å². The number of benzene rings is 4. The van der Waals surface area contributed by atoms with Crippen molar-refractivity contribution in [3.05, 3.63) is 143 Å². The van der Waals surface area contributed by atoms with E-state index >= 15 is 0 Å². The number of phenolic OH excluding ortho intramolecular Hbond substituents is 4. The van der Waals surface area contributed by atoms with E-state index in [1.807, 2.05) is 6.07 Å². The number of carbonyl (C=O) groups excluding carboxylic acids is 2. The third kappa shape index (κ3) is 10.6. The van der Waals surface area contributed by atoms with Crippen LogP contribution in [0.4, 0.5) is 0 Å². The molecule has 4 rings (SSSR count). The van der Waals surface area contributed by atoms with Crippen LogP contribution in [-0.2, 0) is 23.7 Å². The fourth-order valence-corrected chi connectivity index (χ4v) is 6.11. The van der Waals surface area contributed by atoms with E-state index in [0.717, 1.165) is 29.5 Å². The van der Waals surface area contributed by atoms with Gasteiger partial charge in [-0.05, 0) is 127 Å². The molecule has 4 aromatic rings. The van der Waals surface area contributed by atoms with Crippen molar-refractivity contribution in [2.24, 2.45) is 0 Å². The molecule has 0 spiro atoms. The van der Waals surface area contributed by atoms with Crippen molar-refractivity contribution in [3.63, 3.8) is 0 Å². The molecule has 0 atom stereocenters. The minimum Gasteiger partial charge on any atom is -0.508 e. The van der Waals surface area contributed by atoms with Gasteiger partial charge in [0.15, 0.2) is 11.6 Å². The van der Waals surface area contributed by atoms with Gasteiger partial charge < -0.3 is 29.9 Å². The van der Waals surface area contributed by atoms with E-state index in [0.29, 0.717) is 52.2 Å². The summed E-state index contributed by atoms with van der Waals surface area (Å²) >= 11 is 0. The smallest absolute Gasteiger partial charge is 0.185 e. The molecule has 0 radical (unpaired) electrons. The van der Waals surface area contributed by atoms with E-state index in [-0.39, 0.29) is 45.4 Å². The molecule has 0 bridgehead atoms. The molecule has 56 heavy (non-hydrogen) atoms. The first kappa shape index (κ1) is 44.4. The molecule has 0 unspecified atom stereocenters. The number of methoxy groups -OCH3 is 2. The molecule has 0 fully saturated rings. The quantitative estimate of drug-likeness (QED) is 0.0504. The van der Waals surface area contributed by atoms with Gasteiger partial charge in [-0.2, -0.15) is 0 Å². The number of aromatic hydroxyl groups is 4. The first-order valence-electron chi connectivity index (χ1n) is 18.6. The van der Waals surface area contributed by atoms with Crippen LogP contribution in [0.1, 0.15) is 108 Å². The van der Waals surface area contributed by atoms with Crippen LogP contribution >= 0.6 is 0 Å². The van der Waals surface area contributed by atoms with Crippen LogP contribution in [0.2, 0.25) is 0 Å². The summed E-state index contributed by atoms with van der Waals surface area (Å²) in [5.74, 6) is 1.38. The molecule has 8 nitrogen and oxygen atoms in total. The highest BCUT2D eigenvalue weighted by atomic mass is 16.5. The summed E-state index contributed by atoms with van der Waals surface area (Å²) in [7, 11) is 3.11. The molecule has 0 amide bonds. The van der Waals surface area contributed by atoms with Gasteiger partial charge in [0, 0.05) is 38.9 Å². The van der Waals surface area contributed by atoms with Crippen molar-refractivity contribution in [1.82, 2.24) is 0 Å². The van der Waals surface area contributed by atoms with E-state index in [1.54, 1.807) is 61.7 Å². The van der Waals surface area contributed by atoms with Crippen LogP contribution in [0, 0.1) is 0 Å². The monoisotopic (exact) mass is 760 g/mol. The Balaban J connectivity index is 0.000000303. The number of hydrogen-bond donors (Lipinski definition) is 4. The second-order valence-corrected chi connectivity index (χ2v) is 14.7. The molecule has 0 aliphatic rings. The number of phenols is 4. The largest absolute Gasteiger partial charge is 0.508 e. The lowest BCUT2D eigenvalue weighted by atomic mass is 9.74. The highest BCUT2D eigenvalue weighted by molar-refractivity contribution is 6.07. The Labute approximate surface area is 331 Å². The summed E-state index contributed by atoms with van der Waals surface area (Å²) < 4.78 is 11.2. The summed E-state index contributed by atoms with van der Waals surface area (Å²) in [6, 6.07) is 15.9. The Morgan fingerprint density at radius 1 is 0.643 bits per heavy atom. The summed E-state index contributed by atoms with van der Waals surface area (Å²) in [4.78, 5) is 24.9. The van der Waals surface area contributed by atoms with Crippen molar-refractivity contribution in [1.29, 1.82) is 0 Å². The van der Waals surface area contributed by atoms with E-state index < -0.39 is 0 Å². The predicted molar refractivity (Wildman–Crippen MR) is 227 cm³/mol. The fourth-order valence-electron chi connectivity index (χ4n) is 6.11. The molecular formula is C48H56O8. The van der Waals surface area contributed by atoms with Gasteiger partial charge in [0.1, 0.15) is 34.5 Å². The lowest BCUT2D eigenvalue weighted by Crippen LogP contribution is -2.22. The van der Waals surface area contributed by atoms with Crippen molar-refractivity contribution in [3.8, 4) is 34.5 Å². The molecule has 0 aliphatic carbocycles. The second kappa shape index (κ2) is 19.5. The number of allylic oxidation sites excluding steroid dienone is 4. The molecule has 296 valence electrons. The Hall–Kier alpha value is -6.02. The first-order valence-corrected chi connectivity index (χ1v) is 18.6. The molecule has 0 aliphatic heterocycles. The minimum atomic E-state index is -0.307. The summed E-state index contributed by atoms with van der Waals surface area (Å²) in [5, 5.41) is 40.5. The van der Waals surface area contributed by atoms with E-state index in [2.05, 4.69) is 54.7 Å². The average Bonchev–Trinajstić information content (AvgIpc) is 3.18. The fraction of sp³-hybridized carbons (Fsp3) is 0.292. The number of carbonyl (C=O) groups is 2. The standard InChI is InChI=1S/C26H34O4.C22H22O4/c1-8-25(3,4)20-16-18(12-15-21(28)17-10-13-19(27)14-11-17)24(30-7)22(23(20)29)26(5,6)9-2;1-4-6-16-14-17(22(26-3)19(7-5-2)21(16)25)10-13-20(24)15-8-11-18(23)12-9-15/h10-16,27,29H,8-9H2,1-7H3;4-5,8-14,23,25H,1-2,6-7H2,3H3. The number of ketones is 2. The van der Waals surface area contributed by atoms with Gasteiger partial charge in [-0.3, -0.25) is 9.59 Å². The molecule has 4 aromatic carbocycles. The number of rotatable bonds is 16. The minimum absolute atomic E-state index is 0.105. The van der Waals surface area contributed by atoms with E-state index in [1.165, 1.54) is 43.5 Å². The summed E-state index contributed by atoms with van der Waals surface area (Å²) in [6.07, 6.45) is 12.4. The average molecular weight is 761 g/mol. The zero-order valence-corrected chi connectivity index (χ0v) is 33.9. The molecule has 0 aromatic heterocycles.